The molecular weight excluding hydrogens is 410 g/mol. The molecule has 2 aliphatic heterocycles. The third-order valence-electron chi connectivity index (χ3n) is 5.01. The van der Waals surface area contributed by atoms with Crippen LogP contribution < -0.4 is 10.1 Å². The van der Waals surface area contributed by atoms with Crippen LogP contribution in [0.2, 0.25) is 0 Å². The highest BCUT2D eigenvalue weighted by Crippen LogP contribution is 2.43. The molecule has 9 heteroatoms. The summed E-state index contributed by atoms with van der Waals surface area (Å²) in [5.41, 5.74) is 0. The van der Waals surface area contributed by atoms with Crippen LogP contribution in [-0.4, -0.2) is 47.3 Å². The maximum atomic E-state index is 13.0. The number of amides is 1. The third-order valence-corrected chi connectivity index (χ3v) is 8.38. The van der Waals surface area contributed by atoms with E-state index in [0.29, 0.717) is 24.7 Å². The molecule has 29 heavy (non-hydrogen) atoms. The van der Waals surface area contributed by atoms with Gasteiger partial charge >= 0.3 is 0 Å². The van der Waals surface area contributed by atoms with E-state index >= 15 is 0 Å². The Bertz CT molecular complexity index is 982. The summed E-state index contributed by atoms with van der Waals surface area (Å²) in [5.74, 6) is 1.01. The van der Waals surface area contributed by atoms with E-state index in [1.165, 1.54) is 10.4 Å². The molecule has 4 rings (SSSR count). The minimum absolute atomic E-state index is 0.0170. The summed E-state index contributed by atoms with van der Waals surface area (Å²) in [6.45, 7) is 4.37. The zero-order valence-electron chi connectivity index (χ0n) is 15.6. The lowest BCUT2D eigenvalue weighted by atomic mass is 10.1. The first-order valence-corrected chi connectivity index (χ1v) is 11.6. The maximum absolute atomic E-state index is 13.0. The van der Waals surface area contributed by atoms with Crippen molar-refractivity contribution in [2.24, 2.45) is 5.92 Å². The van der Waals surface area contributed by atoms with Gasteiger partial charge in [0.2, 0.25) is 21.8 Å². The monoisotopic (exact) mass is 431 g/mol. The number of rotatable bonds is 6. The molecule has 0 aliphatic carbocycles. The zero-order chi connectivity index (χ0) is 20.4. The molecule has 1 N–H and O–H groups in total. The van der Waals surface area contributed by atoms with Crippen LogP contribution in [0.3, 0.4) is 0 Å². The molecule has 152 valence electrons. The lowest BCUT2D eigenvalue weighted by Crippen LogP contribution is -2.33. The zero-order valence-corrected chi connectivity index (χ0v) is 17.2. The largest absolute Gasteiger partial charge is 0.439 e. The first-order valence-electron chi connectivity index (χ1n) is 9.23. The highest BCUT2D eigenvalue weighted by molar-refractivity contribution is 8.00. The Balaban J connectivity index is 1.40. The molecule has 0 bridgehead atoms. The van der Waals surface area contributed by atoms with E-state index in [1.54, 1.807) is 54.4 Å². The Kier molecular flexibility index (Phi) is 5.62. The number of nitrogens with zero attached hydrogens (tertiary/aromatic N) is 2. The fraction of sp³-hybridized carbons (Fsp3) is 0.300. The number of hydrogen-bond donors (Lipinski definition) is 1. The Morgan fingerprint density at radius 1 is 1.24 bits per heavy atom. The second-order valence-electron chi connectivity index (χ2n) is 6.94. The Morgan fingerprint density at radius 3 is 2.69 bits per heavy atom. The SMILES string of the molecule is C=CC(=O)NC1CC2CN(S(=O)(=O)c3ccc(Oc4ccccn4)cc3)CC2S1. The van der Waals surface area contributed by atoms with Gasteiger partial charge in [-0.3, -0.25) is 4.79 Å². The summed E-state index contributed by atoms with van der Waals surface area (Å²) in [7, 11) is -3.57. The van der Waals surface area contributed by atoms with Crippen molar-refractivity contribution in [1.82, 2.24) is 14.6 Å². The van der Waals surface area contributed by atoms with E-state index in [0.717, 1.165) is 6.42 Å². The van der Waals surface area contributed by atoms with Crippen LogP contribution in [0.1, 0.15) is 6.42 Å². The van der Waals surface area contributed by atoms with Gasteiger partial charge in [0, 0.05) is 30.6 Å². The van der Waals surface area contributed by atoms with Crippen LogP contribution in [0.25, 0.3) is 0 Å². The van der Waals surface area contributed by atoms with Gasteiger partial charge in [-0.2, -0.15) is 4.31 Å². The fourth-order valence-corrected chi connectivity index (χ4v) is 6.86. The van der Waals surface area contributed by atoms with Crippen molar-refractivity contribution in [3.8, 4) is 11.6 Å². The predicted octanol–water partition coefficient (Wildman–Crippen LogP) is 2.63. The summed E-state index contributed by atoms with van der Waals surface area (Å²) in [6, 6.07) is 11.7. The molecule has 1 amide bonds. The topological polar surface area (TPSA) is 88.6 Å². The number of ether oxygens (including phenoxy) is 1. The van der Waals surface area contributed by atoms with E-state index in [9.17, 15) is 13.2 Å². The molecule has 2 aromatic rings. The first-order chi connectivity index (χ1) is 14.0. The number of thioether (sulfide) groups is 1. The van der Waals surface area contributed by atoms with Gasteiger partial charge in [0.05, 0.1) is 10.3 Å². The van der Waals surface area contributed by atoms with E-state index in [1.807, 2.05) is 6.07 Å². The van der Waals surface area contributed by atoms with E-state index < -0.39 is 10.0 Å². The van der Waals surface area contributed by atoms with Crippen molar-refractivity contribution < 1.29 is 17.9 Å². The molecule has 2 saturated heterocycles. The van der Waals surface area contributed by atoms with Gasteiger partial charge in [-0.15, -0.1) is 11.8 Å². The number of carbonyl (C=O) groups is 1. The molecule has 1 aromatic heterocycles. The van der Waals surface area contributed by atoms with Crippen LogP contribution in [-0.2, 0) is 14.8 Å². The van der Waals surface area contributed by atoms with Gasteiger partial charge in [0.25, 0.3) is 0 Å². The second kappa shape index (κ2) is 8.17. The molecule has 2 aliphatic rings. The normalized spacial score (nSPS) is 24.1. The molecule has 1 aromatic carbocycles. The Morgan fingerprint density at radius 2 is 2.03 bits per heavy atom. The van der Waals surface area contributed by atoms with Crippen molar-refractivity contribution in [3.63, 3.8) is 0 Å². The van der Waals surface area contributed by atoms with Crippen LogP contribution in [0.15, 0.2) is 66.2 Å². The number of benzene rings is 1. The average Bonchev–Trinajstić information content (AvgIpc) is 3.28. The Labute approximate surface area is 174 Å². The van der Waals surface area contributed by atoms with E-state index in [2.05, 4.69) is 16.9 Å². The summed E-state index contributed by atoms with van der Waals surface area (Å²) in [6.07, 6.45) is 3.65. The number of hydrogen-bond acceptors (Lipinski definition) is 6. The molecule has 3 unspecified atom stereocenters. The average molecular weight is 432 g/mol. The van der Waals surface area contributed by atoms with Gasteiger partial charge in [0.1, 0.15) is 5.75 Å². The number of aromatic nitrogens is 1. The summed E-state index contributed by atoms with van der Waals surface area (Å²) < 4.78 is 33.2. The number of nitrogens with one attached hydrogen (secondary N) is 1. The molecule has 2 fully saturated rings. The van der Waals surface area contributed by atoms with Gasteiger partial charge in [-0.1, -0.05) is 12.6 Å². The van der Waals surface area contributed by atoms with Gasteiger partial charge in [0.15, 0.2) is 0 Å². The third kappa shape index (κ3) is 4.31. The minimum Gasteiger partial charge on any atom is -0.439 e. The van der Waals surface area contributed by atoms with Crippen LogP contribution in [0, 0.1) is 5.92 Å². The maximum Gasteiger partial charge on any atom is 0.244 e. The van der Waals surface area contributed by atoms with Gasteiger partial charge < -0.3 is 10.1 Å². The van der Waals surface area contributed by atoms with Crippen molar-refractivity contribution in [1.29, 1.82) is 0 Å². The molecule has 0 saturated carbocycles. The molecule has 3 atom stereocenters. The number of fused-ring (bicyclic) bond motifs is 1. The van der Waals surface area contributed by atoms with Crippen molar-refractivity contribution in [2.75, 3.05) is 13.1 Å². The molecule has 7 nitrogen and oxygen atoms in total. The molecule has 3 heterocycles. The van der Waals surface area contributed by atoms with Crippen LogP contribution in [0.5, 0.6) is 11.6 Å². The summed E-state index contributed by atoms with van der Waals surface area (Å²) in [4.78, 5) is 15.8. The first kappa shape index (κ1) is 19.9. The minimum atomic E-state index is -3.57. The number of carbonyl (C=O) groups excluding carboxylic acids is 1. The summed E-state index contributed by atoms with van der Waals surface area (Å²) in [5, 5.41) is 3.09. The Hall–Kier alpha value is -2.36. The van der Waals surface area contributed by atoms with Gasteiger partial charge in [-0.05, 0) is 48.7 Å². The number of sulfonamides is 1. The molecule has 0 radical (unpaired) electrons. The molecular formula is C20H21N3O4S2. The molecule has 0 spiro atoms. The fourth-order valence-electron chi connectivity index (χ4n) is 3.59. The quantitative estimate of drug-likeness (QED) is 0.708. The lowest BCUT2D eigenvalue weighted by molar-refractivity contribution is -0.116. The van der Waals surface area contributed by atoms with Crippen molar-refractivity contribution >= 4 is 27.7 Å². The van der Waals surface area contributed by atoms with Crippen molar-refractivity contribution in [3.05, 3.63) is 61.3 Å². The van der Waals surface area contributed by atoms with Crippen molar-refractivity contribution in [2.45, 2.75) is 21.9 Å². The van der Waals surface area contributed by atoms with Crippen LogP contribution in [0.4, 0.5) is 0 Å². The number of pyridine rings is 1. The standard InChI is InChI=1S/C20H21N3O4S2/c1-2-18(24)22-20-11-14-12-23(13-17(14)28-20)29(25,26)16-8-6-15(7-9-16)27-19-5-3-4-10-21-19/h2-10,14,17,20H,1,11-13H2,(H,22,24). The highest BCUT2D eigenvalue weighted by Gasteiger charge is 2.45. The van der Waals surface area contributed by atoms with Crippen LogP contribution >= 0.6 is 11.8 Å². The predicted molar refractivity (Wildman–Crippen MR) is 111 cm³/mol. The van der Waals surface area contributed by atoms with E-state index in [4.69, 9.17) is 4.74 Å². The van der Waals surface area contributed by atoms with E-state index in [-0.39, 0.29) is 27.3 Å². The van der Waals surface area contributed by atoms with Gasteiger partial charge in [-0.25, -0.2) is 13.4 Å². The lowest BCUT2D eigenvalue weighted by Gasteiger charge is -2.19. The second-order valence-corrected chi connectivity index (χ2v) is 10.3. The highest BCUT2D eigenvalue weighted by atomic mass is 32.2. The smallest absolute Gasteiger partial charge is 0.244 e. The summed E-state index contributed by atoms with van der Waals surface area (Å²) >= 11 is 1.63.